The largest absolute Gasteiger partial charge is 0.480 e. The summed E-state index contributed by atoms with van der Waals surface area (Å²) < 4.78 is 5.67. The molecule has 0 radical (unpaired) electrons. The molecule has 1 aliphatic rings. The summed E-state index contributed by atoms with van der Waals surface area (Å²) in [6, 6.07) is 5.40. The van der Waals surface area contributed by atoms with Crippen LogP contribution < -0.4 is 10.1 Å². The number of nitrogens with zero attached hydrogens (tertiary/aromatic N) is 1. The first-order valence-electron chi connectivity index (χ1n) is 6.79. The third kappa shape index (κ3) is 2.89. The quantitative estimate of drug-likeness (QED) is 0.939. The number of thiazole rings is 1. The zero-order valence-electron chi connectivity index (χ0n) is 11.8. The number of rotatable bonds is 3. The Morgan fingerprint density at radius 1 is 1.57 bits per heavy atom. The summed E-state index contributed by atoms with van der Waals surface area (Å²) in [5, 5.41) is 4.12. The number of hydrogen-bond donors (Lipinski definition) is 1. The van der Waals surface area contributed by atoms with Gasteiger partial charge < -0.3 is 4.74 Å². The van der Waals surface area contributed by atoms with Crippen LogP contribution in [0.3, 0.4) is 0 Å². The number of amides is 1. The fraction of sp³-hybridized carbons (Fsp3) is 0.333. The fourth-order valence-corrected chi connectivity index (χ4v) is 3.46. The third-order valence-electron chi connectivity index (χ3n) is 3.45. The van der Waals surface area contributed by atoms with Gasteiger partial charge in [-0.1, -0.05) is 18.5 Å². The summed E-state index contributed by atoms with van der Waals surface area (Å²) >= 11 is 7.44. The van der Waals surface area contributed by atoms with Gasteiger partial charge in [-0.25, -0.2) is 4.98 Å². The molecule has 1 N–H and O–H groups in total. The third-order valence-corrected chi connectivity index (χ3v) is 4.61. The molecule has 110 valence electrons. The van der Waals surface area contributed by atoms with Crippen LogP contribution in [-0.4, -0.2) is 17.0 Å². The summed E-state index contributed by atoms with van der Waals surface area (Å²) in [5.41, 5.74) is 1.99. The molecule has 2 heterocycles. The minimum atomic E-state index is -0.521. The van der Waals surface area contributed by atoms with Gasteiger partial charge in [0.15, 0.2) is 11.2 Å². The maximum absolute atomic E-state index is 12.3. The van der Waals surface area contributed by atoms with Crippen molar-refractivity contribution >= 4 is 34.0 Å². The molecule has 1 atom stereocenters. The van der Waals surface area contributed by atoms with E-state index >= 15 is 0 Å². The lowest BCUT2D eigenvalue weighted by Gasteiger charge is -2.09. The van der Waals surface area contributed by atoms with Crippen LogP contribution in [0.2, 0.25) is 5.02 Å². The van der Waals surface area contributed by atoms with E-state index in [1.54, 1.807) is 12.1 Å². The van der Waals surface area contributed by atoms with E-state index in [1.807, 2.05) is 19.9 Å². The molecule has 0 bridgehead atoms. The van der Waals surface area contributed by atoms with Crippen LogP contribution in [0.4, 0.5) is 5.13 Å². The topological polar surface area (TPSA) is 51.2 Å². The van der Waals surface area contributed by atoms with Gasteiger partial charge in [0, 0.05) is 16.3 Å². The molecule has 1 amide bonds. The molecule has 1 aromatic heterocycles. The predicted octanol–water partition coefficient (Wildman–Crippen LogP) is 3.61. The van der Waals surface area contributed by atoms with E-state index in [0.29, 0.717) is 16.6 Å². The predicted molar refractivity (Wildman–Crippen MR) is 84.4 cm³/mol. The highest BCUT2D eigenvalue weighted by Gasteiger charge is 2.29. The molecule has 1 aromatic carbocycles. The minimum absolute atomic E-state index is 0.168. The summed E-state index contributed by atoms with van der Waals surface area (Å²) in [7, 11) is 0. The highest BCUT2D eigenvalue weighted by molar-refractivity contribution is 7.15. The lowest BCUT2D eigenvalue weighted by Crippen LogP contribution is -2.31. The van der Waals surface area contributed by atoms with E-state index in [9.17, 15) is 4.79 Å². The van der Waals surface area contributed by atoms with E-state index < -0.39 is 6.10 Å². The molecule has 0 spiro atoms. The number of aryl methyl sites for hydroxylation is 2. The molecular formula is C15H15ClN2O2S. The highest BCUT2D eigenvalue weighted by Crippen LogP contribution is 2.32. The smallest absolute Gasteiger partial charge is 0.267 e. The minimum Gasteiger partial charge on any atom is -0.480 e. The average Bonchev–Trinajstić information content (AvgIpc) is 3.01. The number of benzene rings is 1. The molecule has 21 heavy (non-hydrogen) atoms. The van der Waals surface area contributed by atoms with Gasteiger partial charge in [-0.3, -0.25) is 10.1 Å². The van der Waals surface area contributed by atoms with Crippen LogP contribution in [0.25, 0.3) is 0 Å². The van der Waals surface area contributed by atoms with Crippen LogP contribution in [-0.2, 0) is 17.6 Å². The number of halogens is 1. The Bertz CT molecular complexity index is 699. The van der Waals surface area contributed by atoms with Crippen molar-refractivity contribution in [3.05, 3.63) is 39.4 Å². The number of anilines is 1. The van der Waals surface area contributed by atoms with Crippen LogP contribution in [0.5, 0.6) is 5.75 Å². The number of carbonyl (C=O) groups is 1. The van der Waals surface area contributed by atoms with Crippen LogP contribution in [0, 0.1) is 6.92 Å². The summed E-state index contributed by atoms with van der Waals surface area (Å²) in [4.78, 5) is 17.8. The summed E-state index contributed by atoms with van der Waals surface area (Å²) in [6.07, 6.45) is 0.877. The Hall–Kier alpha value is -1.59. The van der Waals surface area contributed by atoms with Crippen molar-refractivity contribution in [1.82, 2.24) is 4.98 Å². The van der Waals surface area contributed by atoms with Gasteiger partial charge in [0.05, 0.1) is 5.69 Å². The first-order valence-corrected chi connectivity index (χ1v) is 7.98. The summed E-state index contributed by atoms with van der Waals surface area (Å²) in [5.74, 6) is 0.558. The van der Waals surface area contributed by atoms with Crippen molar-refractivity contribution in [3.8, 4) is 5.75 Å². The van der Waals surface area contributed by atoms with Gasteiger partial charge in [0.2, 0.25) is 0 Å². The number of fused-ring (bicyclic) bond motifs is 1. The van der Waals surface area contributed by atoms with Gasteiger partial charge in [0.1, 0.15) is 5.75 Å². The lowest BCUT2D eigenvalue weighted by atomic mass is 10.1. The second-order valence-corrected chi connectivity index (χ2v) is 6.57. The zero-order chi connectivity index (χ0) is 15.0. The average molecular weight is 323 g/mol. The zero-order valence-corrected chi connectivity index (χ0v) is 13.3. The molecular weight excluding hydrogens is 308 g/mol. The van der Waals surface area contributed by atoms with Crippen molar-refractivity contribution in [2.75, 3.05) is 5.32 Å². The molecule has 2 aromatic rings. The molecule has 3 rings (SSSR count). The highest BCUT2D eigenvalue weighted by atomic mass is 35.5. The first-order chi connectivity index (χ1) is 10.1. The van der Waals surface area contributed by atoms with Gasteiger partial charge in [-0.05, 0) is 37.1 Å². The first kappa shape index (κ1) is 14.4. The summed E-state index contributed by atoms with van der Waals surface area (Å²) in [6.45, 7) is 4.06. The van der Waals surface area contributed by atoms with Gasteiger partial charge in [-0.15, -0.1) is 11.3 Å². The van der Waals surface area contributed by atoms with Crippen molar-refractivity contribution in [3.63, 3.8) is 0 Å². The molecule has 1 unspecified atom stereocenters. The Morgan fingerprint density at radius 2 is 2.38 bits per heavy atom. The maximum atomic E-state index is 12.3. The van der Waals surface area contributed by atoms with E-state index in [-0.39, 0.29) is 5.91 Å². The monoisotopic (exact) mass is 322 g/mol. The standard InChI is InChI=1S/C15H15ClN2O2S/c1-3-11-8(2)21-15(17-11)18-14(19)13-7-9-6-10(16)4-5-12(9)20-13/h4-6,13H,3,7H2,1-2H3,(H,17,18,19). The molecule has 0 fully saturated rings. The van der Waals surface area contributed by atoms with Crippen molar-refractivity contribution in [2.24, 2.45) is 0 Å². The second kappa shape index (κ2) is 5.66. The number of ether oxygens (including phenoxy) is 1. The van der Waals surface area contributed by atoms with Crippen molar-refractivity contribution in [2.45, 2.75) is 32.8 Å². The second-order valence-electron chi connectivity index (χ2n) is 4.93. The van der Waals surface area contributed by atoms with Gasteiger partial charge >= 0.3 is 0 Å². The number of nitrogens with one attached hydrogen (secondary N) is 1. The van der Waals surface area contributed by atoms with E-state index in [0.717, 1.165) is 28.3 Å². The number of hydrogen-bond acceptors (Lipinski definition) is 4. The molecule has 4 nitrogen and oxygen atoms in total. The molecule has 0 saturated heterocycles. The maximum Gasteiger partial charge on any atom is 0.267 e. The van der Waals surface area contributed by atoms with Gasteiger partial charge in [0.25, 0.3) is 5.91 Å². The van der Waals surface area contributed by atoms with Crippen LogP contribution in [0.1, 0.15) is 23.1 Å². The van der Waals surface area contributed by atoms with E-state index in [1.165, 1.54) is 11.3 Å². The molecule has 6 heteroatoms. The van der Waals surface area contributed by atoms with Crippen LogP contribution >= 0.6 is 22.9 Å². The Morgan fingerprint density at radius 3 is 3.10 bits per heavy atom. The Balaban J connectivity index is 1.70. The Kier molecular flexibility index (Phi) is 3.87. The van der Waals surface area contributed by atoms with Gasteiger partial charge in [-0.2, -0.15) is 0 Å². The number of aromatic nitrogens is 1. The lowest BCUT2D eigenvalue weighted by molar-refractivity contribution is -0.122. The normalized spacial score (nSPS) is 16.4. The van der Waals surface area contributed by atoms with Crippen LogP contribution in [0.15, 0.2) is 18.2 Å². The Labute approximate surface area is 132 Å². The van der Waals surface area contributed by atoms with Crippen molar-refractivity contribution < 1.29 is 9.53 Å². The number of carbonyl (C=O) groups excluding carboxylic acids is 1. The SMILES string of the molecule is CCc1nc(NC(=O)C2Cc3cc(Cl)ccc3O2)sc1C. The molecule has 1 aliphatic heterocycles. The van der Waals surface area contributed by atoms with E-state index in [2.05, 4.69) is 10.3 Å². The molecule has 0 saturated carbocycles. The fourth-order valence-electron chi connectivity index (χ4n) is 2.36. The van der Waals surface area contributed by atoms with E-state index in [4.69, 9.17) is 16.3 Å². The molecule has 0 aliphatic carbocycles. The van der Waals surface area contributed by atoms with Crippen molar-refractivity contribution in [1.29, 1.82) is 0 Å².